The van der Waals surface area contributed by atoms with E-state index in [-0.39, 0.29) is 38.7 Å². The molecule has 10 nitrogen and oxygen atoms in total. The van der Waals surface area contributed by atoms with Gasteiger partial charge in [-0.2, -0.15) is 0 Å². The number of aliphatic hydroxyl groups is 1. The topological polar surface area (TPSA) is 155 Å². The molecule has 0 aromatic rings. The molecule has 3 atom stereocenters. The number of hydrogen-bond acceptors (Lipinski definition) is 9. The third kappa shape index (κ3) is 43.3. The fourth-order valence-electron chi connectivity index (χ4n) is 5.99. The molecule has 11 heteroatoms. The fourth-order valence-corrected chi connectivity index (χ4v) is 6.76. The smallest absolute Gasteiger partial charge is 0.462 e. The van der Waals surface area contributed by atoms with Crippen molar-refractivity contribution in [2.24, 2.45) is 5.73 Å². The molecule has 336 valence electrons. The van der Waals surface area contributed by atoms with Gasteiger partial charge in [0.15, 0.2) is 6.10 Å². The quantitative estimate of drug-likeness (QED) is 0.0234. The summed E-state index contributed by atoms with van der Waals surface area (Å²) in [5.74, 6) is -0.914. The molecule has 0 fully saturated rings. The van der Waals surface area contributed by atoms with Gasteiger partial charge in [-0.05, 0) is 90.4 Å². The van der Waals surface area contributed by atoms with Crippen LogP contribution in [0.5, 0.6) is 0 Å². The molecule has 0 heterocycles. The summed E-state index contributed by atoms with van der Waals surface area (Å²) in [5.41, 5.74) is 5.35. The summed E-state index contributed by atoms with van der Waals surface area (Å²) in [5, 5.41) is 9.27. The Kier molecular flexibility index (Phi) is 41.1. The van der Waals surface area contributed by atoms with Crippen LogP contribution in [-0.4, -0.2) is 60.5 Å². The predicted molar refractivity (Wildman–Crippen MR) is 239 cm³/mol. The van der Waals surface area contributed by atoms with Crippen molar-refractivity contribution in [1.82, 2.24) is 0 Å². The van der Waals surface area contributed by atoms with Crippen LogP contribution in [0.1, 0.15) is 187 Å². The second kappa shape index (κ2) is 42.8. The lowest BCUT2D eigenvalue weighted by Gasteiger charge is -2.19. The van der Waals surface area contributed by atoms with Crippen LogP contribution in [-0.2, 0) is 32.7 Å². The first-order valence-electron chi connectivity index (χ1n) is 22.8. The minimum atomic E-state index is -4.40. The van der Waals surface area contributed by atoms with E-state index in [4.69, 9.17) is 24.3 Å². The van der Waals surface area contributed by atoms with Crippen LogP contribution in [0, 0.1) is 0 Å². The maximum absolute atomic E-state index is 12.6. The number of aliphatic hydroxyl groups excluding tert-OH is 1. The van der Waals surface area contributed by atoms with E-state index in [0.717, 1.165) is 64.2 Å². The maximum Gasteiger partial charge on any atom is 0.472 e. The van der Waals surface area contributed by atoms with E-state index in [2.05, 4.69) is 61.6 Å². The summed E-state index contributed by atoms with van der Waals surface area (Å²) >= 11 is 0. The van der Waals surface area contributed by atoms with E-state index in [1.165, 1.54) is 83.5 Å². The highest BCUT2D eigenvalue weighted by Gasteiger charge is 2.26. The van der Waals surface area contributed by atoms with Crippen LogP contribution in [0.25, 0.3) is 0 Å². The molecule has 0 aliphatic carbocycles. The Hall–Kier alpha value is -2.33. The molecule has 4 N–H and O–H groups in total. The molecule has 0 saturated heterocycles. The third-order valence-corrected chi connectivity index (χ3v) is 10.4. The molecular formula is C47H84NO9P. The minimum Gasteiger partial charge on any atom is -0.462 e. The van der Waals surface area contributed by atoms with E-state index in [0.29, 0.717) is 12.8 Å². The van der Waals surface area contributed by atoms with E-state index >= 15 is 0 Å². The van der Waals surface area contributed by atoms with Crippen LogP contribution in [0.4, 0.5) is 0 Å². The van der Waals surface area contributed by atoms with Crippen LogP contribution >= 0.6 is 7.82 Å². The second-order valence-electron chi connectivity index (χ2n) is 15.2. The summed E-state index contributed by atoms with van der Waals surface area (Å²) in [6.45, 7) is 3.21. The van der Waals surface area contributed by atoms with Crippen molar-refractivity contribution in [1.29, 1.82) is 0 Å². The Morgan fingerprint density at radius 2 is 1.03 bits per heavy atom. The number of rotatable bonds is 42. The number of ether oxygens (including phenoxy) is 2. The second-order valence-corrected chi connectivity index (χ2v) is 16.6. The van der Waals surface area contributed by atoms with Gasteiger partial charge in [-0.3, -0.25) is 18.6 Å². The molecule has 0 spiro atoms. The summed E-state index contributed by atoms with van der Waals surface area (Å²) in [7, 11) is -4.40. The van der Waals surface area contributed by atoms with Crippen molar-refractivity contribution in [2.45, 2.75) is 199 Å². The Morgan fingerprint density at radius 1 is 0.586 bits per heavy atom. The van der Waals surface area contributed by atoms with Gasteiger partial charge in [-0.1, -0.05) is 145 Å². The van der Waals surface area contributed by atoms with E-state index in [1.54, 1.807) is 0 Å². The van der Waals surface area contributed by atoms with Crippen molar-refractivity contribution in [2.75, 3.05) is 26.4 Å². The Morgan fingerprint density at radius 3 is 1.57 bits per heavy atom. The van der Waals surface area contributed by atoms with Gasteiger partial charge in [0.25, 0.3) is 0 Å². The fraction of sp³-hybridized carbons (Fsp3) is 0.745. The molecule has 0 rings (SSSR count). The predicted octanol–water partition coefficient (Wildman–Crippen LogP) is 12.2. The van der Waals surface area contributed by atoms with Crippen molar-refractivity contribution < 1.29 is 42.7 Å². The molecule has 0 aliphatic rings. The first-order chi connectivity index (χ1) is 28.2. The standard InChI is InChI=1S/C47H84NO9P/c1-3-4-5-6-7-8-9-10-11-12-13-14-17-21-24-27-30-33-36-39-47(51)57-45(43-56-58(52,53)55-41-40-48)42-54-46(50)38-35-32-29-26-23-20-18-15-16-19-22-25-28-31-34-37-44(2)49/h10-11,16,18-20,25-26,28-29,44-45,49H,3-9,12-15,17,21-24,27,30-43,48H2,1-2H3,(H,52,53)/b11-10-,19-16-,20-18-,28-25-,29-26-/t44-,45-/m1/s1. The van der Waals surface area contributed by atoms with Gasteiger partial charge in [0.1, 0.15) is 6.61 Å². The molecule has 0 aromatic carbocycles. The average molecular weight is 838 g/mol. The normalized spacial score (nSPS) is 14.4. The lowest BCUT2D eigenvalue weighted by Crippen LogP contribution is -2.29. The van der Waals surface area contributed by atoms with E-state index in [9.17, 15) is 24.2 Å². The minimum absolute atomic E-state index is 0.0388. The number of hydrogen-bond donors (Lipinski definition) is 3. The van der Waals surface area contributed by atoms with Gasteiger partial charge in [0, 0.05) is 19.4 Å². The first kappa shape index (κ1) is 55.7. The van der Waals surface area contributed by atoms with Crippen LogP contribution in [0.15, 0.2) is 60.8 Å². The molecule has 0 bridgehead atoms. The van der Waals surface area contributed by atoms with Crippen molar-refractivity contribution >= 4 is 19.8 Å². The van der Waals surface area contributed by atoms with E-state index < -0.39 is 32.5 Å². The third-order valence-electron chi connectivity index (χ3n) is 9.39. The number of carbonyl (C=O) groups excluding carboxylic acids is 2. The Bertz CT molecular complexity index is 1150. The largest absolute Gasteiger partial charge is 0.472 e. The van der Waals surface area contributed by atoms with Gasteiger partial charge in [0.2, 0.25) is 0 Å². The molecule has 58 heavy (non-hydrogen) atoms. The lowest BCUT2D eigenvalue weighted by molar-refractivity contribution is -0.161. The van der Waals surface area contributed by atoms with Crippen molar-refractivity contribution in [3.05, 3.63) is 60.8 Å². The van der Waals surface area contributed by atoms with E-state index in [1.807, 2.05) is 13.0 Å². The van der Waals surface area contributed by atoms with Gasteiger partial charge < -0.3 is 25.2 Å². The first-order valence-corrected chi connectivity index (χ1v) is 24.3. The maximum atomic E-state index is 12.6. The Balaban J connectivity index is 4.21. The monoisotopic (exact) mass is 838 g/mol. The number of phosphoric ester groups is 1. The Labute approximate surface area is 353 Å². The summed E-state index contributed by atoms with van der Waals surface area (Å²) in [6.07, 6.45) is 48.2. The number of carbonyl (C=O) groups is 2. The summed E-state index contributed by atoms with van der Waals surface area (Å²) in [4.78, 5) is 34.9. The van der Waals surface area contributed by atoms with Gasteiger partial charge >= 0.3 is 19.8 Å². The zero-order valence-corrected chi connectivity index (χ0v) is 37.5. The highest BCUT2D eigenvalue weighted by Crippen LogP contribution is 2.43. The number of phosphoric acid groups is 1. The molecule has 0 aromatic heterocycles. The van der Waals surface area contributed by atoms with Gasteiger partial charge in [-0.15, -0.1) is 0 Å². The zero-order valence-electron chi connectivity index (χ0n) is 36.6. The van der Waals surface area contributed by atoms with Crippen LogP contribution in [0.3, 0.4) is 0 Å². The molecule has 0 aliphatic heterocycles. The number of nitrogens with two attached hydrogens (primary N) is 1. The molecular weight excluding hydrogens is 753 g/mol. The molecule has 1 unspecified atom stereocenters. The van der Waals surface area contributed by atoms with Crippen molar-refractivity contribution in [3.8, 4) is 0 Å². The average Bonchev–Trinajstić information content (AvgIpc) is 3.20. The van der Waals surface area contributed by atoms with Crippen molar-refractivity contribution in [3.63, 3.8) is 0 Å². The lowest BCUT2D eigenvalue weighted by atomic mass is 10.1. The van der Waals surface area contributed by atoms with Gasteiger partial charge in [0.05, 0.1) is 19.3 Å². The van der Waals surface area contributed by atoms with Gasteiger partial charge in [-0.25, -0.2) is 4.57 Å². The number of unbranched alkanes of at least 4 members (excludes halogenated alkanes) is 17. The zero-order chi connectivity index (χ0) is 42.6. The number of allylic oxidation sites excluding steroid dienone is 10. The highest BCUT2D eigenvalue weighted by atomic mass is 31.2. The van der Waals surface area contributed by atoms with Crippen LogP contribution in [0.2, 0.25) is 0 Å². The van der Waals surface area contributed by atoms with Crippen LogP contribution < -0.4 is 5.73 Å². The summed E-state index contributed by atoms with van der Waals surface area (Å²) < 4.78 is 32.7. The molecule has 0 amide bonds. The number of esters is 2. The SMILES string of the molecule is CCCCCCCC/C=C\CCCCCCCCCCCC(=O)O[C@H](COC(=O)CCC/C=C\C/C=C\C/C=C\C/C=C\CCC[C@@H](C)O)COP(=O)(O)OCCN. The highest BCUT2D eigenvalue weighted by molar-refractivity contribution is 7.47. The molecule has 0 saturated carbocycles. The summed E-state index contributed by atoms with van der Waals surface area (Å²) in [6, 6.07) is 0. The molecule has 0 radical (unpaired) electrons.